The van der Waals surface area contributed by atoms with E-state index in [-0.39, 0.29) is 11.3 Å². The van der Waals surface area contributed by atoms with Gasteiger partial charge in [-0.2, -0.15) is 0 Å². The quantitative estimate of drug-likeness (QED) is 0.873. The van der Waals surface area contributed by atoms with Crippen molar-refractivity contribution in [1.82, 2.24) is 0 Å². The van der Waals surface area contributed by atoms with E-state index < -0.39 is 0 Å². The number of carbonyl (C=O) groups excluding carboxylic acids is 1. The van der Waals surface area contributed by atoms with Crippen LogP contribution in [0.3, 0.4) is 0 Å². The normalized spacial score (nSPS) is 17.3. The van der Waals surface area contributed by atoms with Crippen LogP contribution in [0.2, 0.25) is 5.02 Å². The number of rotatable bonds is 5. The zero-order valence-corrected chi connectivity index (χ0v) is 13.2. The van der Waals surface area contributed by atoms with E-state index in [9.17, 15) is 4.79 Å². The summed E-state index contributed by atoms with van der Waals surface area (Å²) in [6.45, 7) is 0.574. The van der Waals surface area contributed by atoms with E-state index in [4.69, 9.17) is 22.1 Å². The molecule has 0 aromatic heterocycles. The minimum atomic E-state index is -0.0289. The molecule has 0 heterocycles. The maximum absolute atomic E-state index is 12.3. The average molecular weight is 311 g/mol. The van der Waals surface area contributed by atoms with Crippen LogP contribution in [0.25, 0.3) is 0 Å². The van der Waals surface area contributed by atoms with Gasteiger partial charge in [-0.05, 0) is 36.9 Å². The highest BCUT2D eigenvalue weighted by molar-refractivity contribution is 6.32. The summed E-state index contributed by atoms with van der Waals surface area (Å²) in [5, 5.41) is 3.45. The van der Waals surface area contributed by atoms with Crippen LogP contribution in [0.5, 0.6) is 5.75 Å². The number of ether oxygens (including phenoxy) is 1. The fraction of sp³-hybridized carbons (Fsp3) is 0.562. The molecular formula is C16H23ClN2O2. The number of anilines is 1. The molecule has 0 unspecified atom stereocenters. The van der Waals surface area contributed by atoms with Crippen molar-refractivity contribution in [1.29, 1.82) is 0 Å². The molecule has 4 nitrogen and oxygen atoms in total. The van der Waals surface area contributed by atoms with Crippen LogP contribution in [0, 0.1) is 5.41 Å². The molecule has 1 amide bonds. The Morgan fingerprint density at radius 2 is 2.10 bits per heavy atom. The minimum absolute atomic E-state index is 0.00623. The molecule has 1 aromatic carbocycles. The maximum Gasteiger partial charge on any atom is 0.224 e. The van der Waals surface area contributed by atoms with Crippen LogP contribution in [0.1, 0.15) is 38.5 Å². The van der Waals surface area contributed by atoms with Crippen molar-refractivity contribution in [3.8, 4) is 5.75 Å². The van der Waals surface area contributed by atoms with Gasteiger partial charge in [-0.1, -0.05) is 30.9 Å². The molecular weight excluding hydrogens is 288 g/mol. The van der Waals surface area contributed by atoms with Crippen molar-refractivity contribution in [3.05, 3.63) is 23.2 Å². The first kappa shape index (κ1) is 16.1. The molecule has 1 saturated carbocycles. The van der Waals surface area contributed by atoms with Gasteiger partial charge in [0, 0.05) is 18.2 Å². The second-order valence-corrected chi connectivity index (χ2v) is 6.25. The monoisotopic (exact) mass is 310 g/mol. The Morgan fingerprint density at radius 1 is 1.38 bits per heavy atom. The van der Waals surface area contributed by atoms with E-state index in [1.165, 1.54) is 19.3 Å². The Balaban J connectivity index is 2.00. The number of amides is 1. The highest BCUT2D eigenvalue weighted by Crippen LogP contribution is 2.38. The lowest BCUT2D eigenvalue weighted by Gasteiger charge is -2.35. The lowest BCUT2D eigenvalue weighted by atomic mass is 9.71. The predicted molar refractivity (Wildman–Crippen MR) is 85.8 cm³/mol. The molecule has 0 spiro atoms. The molecule has 1 aliphatic carbocycles. The second-order valence-electron chi connectivity index (χ2n) is 5.84. The van der Waals surface area contributed by atoms with E-state index in [0.717, 1.165) is 12.8 Å². The molecule has 1 aliphatic rings. The van der Waals surface area contributed by atoms with Crippen LogP contribution < -0.4 is 15.8 Å². The maximum atomic E-state index is 12.3. The topological polar surface area (TPSA) is 64.3 Å². The van der Waals surface area contributed by atoms with Gasteiger partial charge in [0.25, 0.3) is 0 Å². The summed E-state index contributed by atoms with van der Waals surface area (Å²) in [7, 11) is 1.55. The molecule has 0 saturated heterocycles. The zero-order chi connectivity index (χ0) is 15.3. The summed E-state index contributed by atoms with van der Waals surface area (Å²) in [6.07, 6.45) is 6.15. The van der Waals surface area contributed by atoms with E-state index in [1.54, 1.807) is 25.3 Å². The summed E-state index contributed by atoms with van der Waals surface area (Å²) in [5.41, 5.74) is 6.60. The molecule has 1 aromatic rings. The number of benzene rings is 1. The molecule has 1 fully saturated rings. The van der Waals surface area contributed by atoms with E-state index >= 15 is 0 Å². The molecule has 0 bridgehead atoms. The molecule has 0 radical (unpaired) electrons. The van der Waals surface area contributed by atoms with Crippen LogP contribution in [-0.2, 0) is 4.79 Å². The summed E-state index contributed by atoms with van der Waals surface area (Å²) >= 11 is 5.98. The number of nitrogens with two attached hydrogens (primary N) is 1. The predicted octanol–water partition coefficient (Wildman–Crippen LogP) is 3.59. The molecule has 3 N–H and O–H groups in total. The summed E-state index contributed by atoms with van der Waals surface area (Å²) in [4.78, 5) is 12.3. The highest BCUT2D eigenvalue weighted by atomic mass is 35.5. The standard InChI is InChI=1S/C16H23ClN2O2/c1-21-14-9-12(5-6-13(14)17)19-15(20)10-16(11-18)7-3-2-4-8-16/h5-6,9H,2-4,7-8,10-11,18H2,1H3,(H,19,20). The van der Waals surface area contributed by atoms with Gasteiger partial charge in [0.15, 0.2) is 0 Å². The second kappa shape index (κ2) is 7.14. The van der Waals surface area contributed by atoms with Crippen molar-refractivity contribution in [2.45, 2.75) is 38.5 Å². The minimum Gasteiger partial charge on any atom is -0.495 e. The number of nitrogens with one attached hydrogen (secondary N) is 1. The first-order valence-corrected chi connectivity index (χ1v) is 7.80. The molecule has 116 valence electrons. The Bertz CT molecular complexity index is 499. The number of hydrogen-bond acceptors (Lipinski definition) is 3. The van der Waals surface area contributed by atoms with Crippen LogP contribution in [0.4, 0.5) is 5.69 Å². The molecule has 0 atom stereocenters. The average Bonchev–Trinajstić information content (AvgIpc) is 2.50. The SMILES string of the molecule is COc1cc(NC(=O)CC2(CN)CCCCC2)ccc1Cl. The number of carbonyl (C=O) groups is 1. The lowest BCUT2D eigenvalue weighted by Crippen LogP contribution is -2.36. The lowest BCUT2D eigenvalue weighted by molar-refractivity contribution is -0.118. The van der Waals surface area contributed by atoms with Gasteiger partial charge in [-0.3, -0.25) is 4.79 Å². The van der Waals surface area contributed by atoms with E-state index in [2.05, 4.69) is 5.32 Å². The third-order valence-electron chi connectivity index (χ3n) is 4.32. The first-order valence-electron chi connectivity index (χ1n) is 7.42. The van der Waals surface area contributed by atoms with Gasteiger partial charge in [-0.25, -0.2) is 0 Å². The Kier molecular flexibility index (Phi) is 5.48. The summed E-state index contributed by atoms with van der Waals surface area (Å²) in [5.74, 6) is 0.562. The number of methoxy groups -OCH3 is 1. The van der Waals surface area contributed by atoms with Crippen molar-refractivity contribution in [2.24, 2.45) is 11.1 Å². The zero-order valence-electron chi connectivity index (χ0n) is 12.5. The highest BCUT2D eigenvalue weighted by Gasteiger charge is 2.32. The van der Waals surface area contributed by atoms with Crippen LogP contribution >= 0.6 is 11.6 Å². The molecule has 21 heavy (non-hydrogen) atoms. The number of hydrogen-bond donors (Lipinski definition) is 2. The van der Waals surface area contributed by atoms with Crippen molar-refractivity contribution in [2.75, 3.05) is 19.0 Å². The first-order chi connectivity index (χ1) is 10.1. The van der Waals surface area contributed by atoms with E-state index in [1.807, 2.05) is 0 Å². The third-order valence-corrected chi connectivity index (χ3v) is 4.63. The van der Waals surface area contributed by atoms with Gasteiger partial charge >= 0.3 is 0 Å². The summed E-state index contributed by atoms with van der Waals surface area (Å²) < 4.78 is 5.15. The van der Waals surface area contributed by atoms with E-state index in [0.29, 0.717) is 29.4 Å². The van der Waals surface area contributed by atoms with Crippen molar-refractivity contribution >= 4 is 23.2 Å². The van der Waals surface area contributed by atoms with Gasteiger partial charge in [0.05, 0.1) is 12.1 Å². The fourth-order valence-corrected chi connectivity index (χ4v) is 3.23. The van der Waals surface area contributed by atoms with Crippen molar-refractivity contribution < 1.29 is 9.53 Å². The molecule has 5 heteroatoms. The molecule has 0 aliphatic heterocycles. The van der Waals surface area contributed by atoms with Gasteiger partial charge in [0.2, 0.25) is 5.91 Å². The number of halogens is 1. The van der Waals surface area contributed by atoms with Gasteiger partial charge < -0.3 is 15.8 Å². The smallest absolute Gasteiger partial charge is 0.224 e. The van der Waals surface area contributed by atoms with Crippen LogP contribution in [-0.4, -0.2) is 19.6 Å². The summed E-state index contributed by atoms with van der Waals surface area (Å²) in [6, 6.07) is 5.23. The third kappa shape index (κ3) is 4.11. The van der Waals surface area contributed by atoms with Gasteiger partial charge in [0.1, 0.15) is 5.75 Å². The Labute approximate surface area is 131 Å². The molecule has 2 rings (SSSR count). The Morgan fingerprint density at radius 3 is 2.71 bits per heavy atom. The van der Waals surface area contributed by atoms with Gasteiger partial charge in [-0.15, -0.1) is 0 Å². The largest absolute Gasteiger partial charge is 0.495 e. The fourth-order valence-electron chi connectivity index (χ4n) is 3.04. The Hall–Kier alpha value is -1.26. The van der Waals surface area contributed by atoms with Crippen LogP contribution in [0.15, 0.2) is 18.2 Å². The van der Waals surface area contributed by atoms with Crippen molar-refractivity contribution in [3.63, 3.8) is 0 Å².